The maximum atomic E-state index is 3.65. The Balaban J connectivity index is 1.60. The van der Waals surface area contributed by atoms with Gasteiger partial charge in [-0.25, -0.2) is 0 Å². The van der Waals surface area contributed by atoms with Gasteiger partial charge in [-0.2, -0.15) is 0 Å². The van der Waals surface area contributed by atoms with Crippen LogP contribution in [-0.4, -0.2) is 9.55 Å². The molecule has 0 bridgehead atoms. The van der Waals surface area contributed by atoms with Crippen LogP contribution in [0.4, 0.5) is 0 Å². The first-order valence-corrected chi connectivity index (χ1v) is 9.55. The first kappa shape index (κ1) is 15.3. The number of H-pyrrole nitrogens is 1. The molecule has 0 aliphatic heterocycles. The highest BCUT2D eigenvalue weighted by atomic mass is 15.0. The van der Waals surface area contributed by atoms with Crippen LogP contribution in [0.5, 0.6) is 0 Å². The predicted octanol–water partition coefficient (Wildman–Crippen LogP) is 6.93. The number of aromatic amines is 1. The van der Waals surface area contributed by atoms with Crippen molar-refractivity contribution in [1.82, 2.24) is 9.55 Å². The van der Waals surface area contributed by atoms with E-state index in [9.17, 15) is 0 Å². The minimum Gasteiger partial charge on any atom is -0.354 e. The second-order valence-corrected chi connectivity index (χ2v) is 7.19. The van der Waals surface area contributed by atoms with E-state index in [0.717, 1.165) is 0 Å². The van der Waals surface area contributed by atoms with Crippen LogP contribution in [0.2, 0.25) is 0 Å². The topological polar surface area (TPSA) is 20.7 Å². The maximum Gasteiger partial charge on any atom is 0.0560 e. The van der Waals surface area contributed by atoms with Gasteiger partial charge in [0, 0.05) is 33.6 Å². The zero-order valence-corrected chi connectivity index (χ0v) is 15.3. The molecule has 0 aliphatic rings. The molecular weight excluding hydrogens is 340 g/mol. The van der Waals surface area contributed by atoms with Crippen LogP contribution in [0.3, 0.4) is 0 Å². The van der Waals surface area contributed by atoms with Gasteiger partial charge in [-0.05, 0) is 47.5 Å². The molecule has 6 rings (SSSR count). The summed E-state index contributed by atoms with van der Waals surface area (Å²) in [6.07, 6.45) is 2.15. The Labute approximate surface area is 162 Å². The fraction of sp³-hybridized carbons (Fsp3) is 0. The molecule has 28 heavy (non-hydrogen) atoms. The summed E-state index contributed by atoms with van der Waals surface area (Å²) in [4.78, 5) is 3.65. The molecule has 2 aromatic heterocycles. The predicted molar refractivity (Wildman–Crippen MR) is 118 cm³/mol. The van der Waals surface area contributed by atoms with Crippen LogP contribution < -0.4 is 0 Å². The van der Waals surface area contributed by atoms with Gasteiger partial charge in [-0.3, -0.25) is 0 Å². The Kier molecular flexibility index (Phi) is 3.20. The molecule has 0 aliphatic carbocycles. The van der Waals surface area contributed by atoms with Gasteiger partial charge in [0.05, 0.1) is 11.0 Å². The fourth-order valence-corrected chi connectivity index (χ4v) is 4.21. The van der Waals surface area contributed by atoms with E-state index < -0.39 is 0 Å². The van der Waals surface area contributed by atoms with Crippen LogP contribution >= 0.6 is 0 Å². The number of nitrogens with zero attached hydrogens (tertiary/aromatic N) is 1. The summed E-state index contributed by atoms with van der Waals surface area (Å²) in [6.45, 7) is 0. The zero-order valence-electron chi connectivity index (χ0n) is 15.3. The molecule has 1 N–H and O–H groups in total. The third-order valence-corrected chi connectivity index (χ3v) is 5.58. The van der Waals surface area contributed by atoms with E-state index in [1.54, 1.807) is 0 Å². The number of aromatic nitrogens is 2. The molecule has 0 saturated heterocycles. The monoisotopic (exact) mass is 358 g/mol. The van der Waals surface area contributed by atoms with E-state index in [0.29, 0.717) is 0 Å². The molecule has 0 spiro atoms. The minimum absolute atomic E-state index is 1.18. The van der Waals surface area contributed by atoms with Gasteiger partial charge in [0.25, 0.3) is 0 Å². The van der Waals surface area contributed by atoms with Crippen molar-refractivity contribution in [3.8, 4) is 16.8 Å². The Hall–Kier alpha value is -3.78. The van der Waals surface area contributed by atoms with E-state index in [2.05, 4.69) is 113 Å². The van der Waals surface area contributed by atoms with Gasteiger partial charge >= 0.3 is 0 Å². The van der Waals surface area contributed by atoms with Gasteiger partial charge in [0.2, 0.25) is 0 Å². The van der Waals surface area contributed by atoms with Gasteiger partial charge in [0.1, 0.15) is 0 Å². The highest BCUT2D eigenvalue weighted by molar-refractivity contribution is 6.17. The molecule has 0 radical (unpaired) electrons. The summed E-state index contributed by atoms with van der Waals surface area (Å²) >= 11 is 0. The van der Waals surface area contributed by atoms with Crippen molar-refractivity contribution >= 4 is 32.7 Å². The van der Waals surface area contributed by atoms with Crippen molar-refractivity contribution in [3.05, 3.63) is 103 Å². The Morgan fingerprint density at radius 2 is 1.36 bits per heavy atom. The Morgan fingerprint density at radius 3 is 2.18 bits per heavy atom. The first-order chi connectivity index (χ1) is 13.9. The SMILES string of the molecule is c1ccc(-c2ccc3[nH]c4c(ccc5c4ccn5-c4ccccc4)c3c2)cc1. The lowest BCUT2D eigenvalue weighted by Crippen LogP contribution is -1.90. The summed E-state index contributed by atoms with van der Waals surface area (Å²) in [5.74, 6) is 0. The van der Waals surface area contributed by atoms with E-state index in [1.165, 1.54) is 49.5 Å². The van der Waals surface area contributed by atoms with Crippen LogP contribution in [0.15, 0.2) is 103 Å². The van der Waals surface area contributed by atoms with Crippen LogP contribution in [-0.2, 0) is 0 Å². The number of benzene rings is 4. The Bertz CT molecular complexity index is 1440. The van der Waals surface area contributed by atoms with Crippen LogP contribution in [0, 0.1) is 0 Å². The number of hydrogen-bond donors (Lipinski definition) is 1. The highest BCUT2D eigenvalue weighted by Crippen LogP contribution is 2.34. The largest absolute Gasteiger partial charge is 0.354 e. The maximum absolute atomic E-state index is 3.65. The number of hydrogen-bond acceptors (Lipinski definition) is 0. The molecule has 0 fully saturated rings. The molecule has 2 nitrogen and oxygen atoms in total. The van der Waals surface area contributed by atoms with Crippen LogP contribution in [0.1, 0.15) is 0 Å². The van der Waals surface area contributed by atoms with E-state index in [4.69, 9.17) is 0 Å². The quantitative estimate of drug-likeness (QED) is 0.346. The summed E-state index contributed by atoms with van der Waals surface area (Å²) in [5, 5.41) is 3.79. The number of para-hydroxylation sites is 1. The lowest BCUT2D eigenvalue weighted by Gasteiger charge is -2.05. The van der Waals surface area contributed by atoms with Crippen molar-refractivity contribution in [3.63, 3.8) is 0 Å². The molecule has 4 aromatic carbocycles. The van der Waals surface area contributed by atoms with Crippen LogP contribution in [0.25, 0.3) is 49.5 Å². The van der Waals surface area contributed by atoms with E-state index in [1.807, 2.05) is 0 Å². The van der Waals surface area contributed by atoms with Crippen molar-refractivity contribution < 1.29 is 0 Å². The highest BCUT2D eigenvalue weighted by Gasteiger charge is 2.12. The first-order valence-electron chi connectivity index (χ1n) is 9.55. The molecule has 2 heterocycles. The van der Waals surface area contributed by atoms with Gasteiger partial charge < -0.3 is 9.55 Å². The number of rotatable bonds is 2. The molecule has 0 amide bonds. The second-order valence-electron chi connectivity index (χ2n) is 7.19. The summed E-state index contributed by atoms with van der Waals surface area (Å²) in [6, 6.07) is 34.4. The average Bonchev–Trinajstić information content (AvgIpc) is 3.36. The molecule has 6 aromatic rings. The Morgan fingerprint density at radius 1 is 0.571 bits per heavy atom. The van der Waals surface area contributed by atoms with Crippen molar-refractivity contribution in [2.24, 2.45) is 0 Å². The molecule has 0 unspecified atom stereocenters. The summed E-state index contributed by atoms with van der Waals surface area (Å²) in [5.41, 5.74) is 7.26. The van der Waals surface area contributed by atoms with Gasteiger partial charge in [-0.1, -0.05) is 60.7 Å². The van der Waals surface area contributed by atoms with Crippen molar-refractivity contribution in [2.75, 3.05) is 0 Å². The third kappa shape index (κ3) is 2.21. The van der Waals surface area contributed by atoms with Crippen molar-refractivity contribution in [2.45, 2.75) is 0 Å². The van der Waals surface area contributed by atoms with E-state index >= 15 is 0 Å². The zero-order chi connectivity index (χ0) is 18.5. The molecular formula is C26H18N2. The molecule has 2 heteroatoms. The third-order valence-electron chi connectivity index (χ3n) is 5.58. The van der Waals surface area contributed by atoms with E-state index in [-0.39, 0.29) is 0 Å². The van der Waals surface area contributed by atoms with Crippen molar-refractivity contribution in [1.29, 1.82) is 0 Å². The molecule has 132 valence electrons. The normalized spacial score (nSPS) is 11.6. The smallest absolute Gasteiger partial charge is 0.0560 e. The molecule has 0 saturated carbocycles. The lowest BCUT2D eigenvalue weighted by atomic mass is 10.0. The minimum atomic E-state index is 1.18. The number of fused-ring (bicyclic) bond motifs is 5. The number of nitrogens with one attached hydrogen (secondary N) is 1. The standard InChI is InChI=1S/C26H18N2/c1-3-7-18(8-4-1)19-11-13-24-23(17-19)21-12-14-25-22(26(21)27-24)15-16-28(25)20-9-5-2-6-10-20/h1-17,27H. The lowest BCUT2D eigenvalue weighted by molar-refractivity contribution is 1.13. The summed E-state index contributed by atoms with van der Waals surface area (Å²) < 4.78 is 2.25. The van der Waals surface area contributed by atoms with Gasteiger partial charge in [0.15, 0.2) is 0 Å². The summed E-state index contributed by atoms with van der Waals surface area (Å²) in [7, 11) is 0. The second kappa shape index (κ2) is 5.86. The molecule has 0 atom stereocenters. The average molecular weight is 358 g/mol. The fourth-order valence-electron chi connectivity index (χ4n) is 4.21. The van der Waals surface area contributed by atoms with Gasteiger partial charge in [-0.15, -0.1) is 0 Å².